The molecule has 1 fully saturated rings. The molecule has 0 aliphatic carbocycles. The molecule has 7 heteroatoms. The van der Waals surface area contributed by atoms with Gasteiger partial charge in [-0.2, -0.15) is 10.1 Å². The molecule has 3 heterocycles. The van der Waals surface area contributed by atoms with Crippen LogP contribution in [0, 0.1) is 0 Å². The Labute approximate surface area is 163 Å². The Balaban J connectivity index is 1.69. The molecule has 6 nitrogen and oxygen atoms in total. The highest BCUT2D eigenvalue weighted by molar-refractivity contribution is 6.30. The summed E-state index contributed by atoms with van der Waals surface area (Å²) in [7, 11) is 0. The molecular weight excluding hydrogens is 362 g/mol. The number of aliphatic hydroxyl groups excluding tert-OH is 1. The van der Waals surface area contributed by atoms with Crippen molar-refractivity contribution in [3.05, 3.63) is 64.6 Å². The van der Waals surface area contributed by atoms with Crippen LogP contribution in [0.2, 0.25) is 5.02 Å². The van der Waals surface area contributed by atoms with Crippen molar-refractivity contribution >= 4 is 17.4 Å². The predicted octanol–water partition coefficient (Wildman–Crippen LogP) is 3.39. The van der Waals surface area contributed by atoms with Gasteiger partial charge in [-0.05, 0) is 43.0 Å². The van der Waals surface area contributed by atoms with Gasteiger partial charge in [-0.25, -0.2) is 9.67 Å². The van der Waals surface area contributed by atoms with Crippen molar-refractivity contribution < 1.29 is 5.11 Å². The van der Waals surface area contributed by atoms with E-state index >= 15 is 0 Å². The monoisotopic (exact) mass is 383 g/mol. The van der Waals surface area contributed by atoms with E-state index in [1.54, 1.807) is 16.9 Å². The van der Waals surface area contributed by atoms with Gasteiger partial charge in [0.1, 0.15) is 5.82 Å². The Bertz CT molecular complexity index is 903. The number of hydrogen-bond donors (Lipinski definition) is 1. The molecule has 2 aromatic heterocycles. The lowest BCUT2D eigenvalue weighted by Gasteiger charge is -2.28. The van der Waals surface area contributed by atoms with Gasteiger partial charge < -0.3 is 10.0 Å². The molecular formula is C20H22ClN5O. The summed E-state index contributed by atoms with van der Waals surface area (Å²) in [4.78, 5) is 11.8. The molecule has 27 heavy (non-hydrogen) atoms. The average molecular weight is 384 g/mol. The van der Waals surface area contributed by atoms with Crippen LogP contribution in [0.3, 0.4) is 0 Å². The van der Waals surface area contributed by atoms with E-state index in [1.807, 2.05) is 24.3 Å². The zero-order valence-corrected chi connectivity index (χ0v) is 15.8. The number of anilines is 1. The zero-order chi connectivity index (χ0) is 18.6. The molecule has 1 aliphatic heterocycles. The molecule has 0 saturated carbocycles. The highest BCUT2D eigenvalue weighted by Gasteiger charge is 2.16. The number of halogens is 1. The second kappa shape index (κ2) is 8.06. The summed E-state index contributed by atoms with van der Waals surface area (Å²) in [6.45, 7) is 1.92. The highest BCUT2D eigenvalue weighted by Crippen LogP contribution is 2.21. The minimum Gasteiger partial charge on any atom is -0.390 e. The lowest BCUT2D eigenvalue weighted by atomic mass is 10.1. The SMILES string of the molecule is OCc1ccn(-c2nc(Cc3ccc(Cl)cc3)cc(N3CCCCC3)n2)n1. The van der Waals surface area contributed by atoms with Crippen LogP contribution in [0.15, 0.2) is 42.6 Å². The van der Waals surface area contributed by atoms with Crippen molar-refractivity contribution in [3.8, 4) is 5.95 Å². The highest BCUT2D eigenvalue weighted by atomic mass is 35.5. The molecule has 1 aromatic carbocycles. The van der Waals surface area contributed by atoms with Gasteiger partial charge >= 0.3 is 0 Å². The van der Waals surface area contributed by atoms with Gasteiger partial charge in [-0.1, -0.05) is 23.7 Å². The fourth-order valence-electron chi connectivity index (χ4n) is 3.32. The fraction of sp³-hybridized carbons (Fsp3) is 0.350. The van der Waals surface area contributed by atoms with E-state index in [2.05, 4.69) is 16.1 Å². The number of rotatable bonds is 5. The third-order valence-electron chi connectivity index (χ3n) is 4.74. The normalized spacial score (nSPS) is 14.5. The second-order valence-corrected chi connectivity index (χ2v) is 7.21. The van der Waals surface area contributed by atoms with Crippen LogP contribution >= 0.6 is 11.6 Å². The second-order valence-electron chi connectivity index (χ2n) is 6.78. The van der Waals surface area contributed by atoms with Gasteiger partial charge in [0, 0.05) is 36.8 Å². The van der Waals surface area contributed by atoms with Crippen LogP contribution in [0.25, 0.3) is 5.95 Å². The number of piperidine rings is 1. The van der Waals surface area contributed by atoms with E-state index in [0.29, 0.717) is 18.1 Å². The Morgan fingerprint density at radius 3 is 2.44 bits per heavy atom. The number of hydrogen-bond acceptors (Lipinski definition) is 5. The first-order chi connectivity index (χ1) is 13.2. The Morgan fingerprint density at radius 1 is 0.963 bits per heavy atom. The van der Waals surface area contributed by atoms with E-state index in [4.69, 9.17) is 21.6 Å². The molecule has 1 aliphatic rings. The Hall–Kier alpha value is -2.44. The van der Waals surface area contributed by atoms with Gasteiger partial charge in [-0.15, -0.1) is 0 Å². The molecule has 0 bridgehead atoms. The van der Waals surface area contributed by atoms with Crippen LogP contribution in [-0.4, -0.2) is 37.9 Å². The van der Waals surface area contributed by atoms with Crippen LogP contribution in [-0.2, 0) is 13.0 Å². The van der Waals surface area contributed by atoms with E-state index in [0.717, 1.165) is 35.2 Å². The maximum Gasteiger partial charge on any atom is 0.252 e. The minimum absolute atomic E-state index is 0.101. The van der Waals surface area contributed by atoms with Crippen LogP contribution in [0.1, 0.15) is 36.2 Å². The van der Waals surface area contributed by atoms with Crippen LogP contribution < -0.4 is 4.90 Å². The summed E-state index contributed by atoms with van der Waals surface area (Å²) in [6, 6.07) is 11.7. The lowest BCUT2D eigenvalue weighted by molar-refractivity contribution is 0.276. The summed E-state index contributed by atoms with van der Waals surface area (Å²) in [5.74, 6) is 1.46. The standard InChI is InChI=1S/C20H22ClN5O/c21-16-6-4-15(5-7-16)12-18-13-19(25-9-2-1-3-10-25)23-20(22-18)26-11-8-17(14-27)24-26/h4-8,11,13,27H,1-3,9-10,12,14H2. The van der Waals surface area contributed by atoms with E-state index in [9.17, 15) is 5.11 Å². The smallest absolute Gasteiger partial charge is 0.252 e. The van der Waals surface area contributed by atoms with Crippen molar-refractivity contribution in [2.24, 2.45) is 0 Å². The molecule has 0 atom stereocenters. The molecule has 0 spiro atoms. The molecule has 0 radical (unpaired) electrons. The van der Waals surface area contributed by atoms with Crippen LogP contribution in [0.5, 0.6) is 0 Å². The quantitative estimate of drug-likeness (QED) is 0.731. The molecule has 0 unspecified atom stereocenters. The maximum absolute atomic E-state index is 9.29. The first-order valence-corrected chi connectivity index (χ1v) is 9.62. The van der Waals surface area contributed by atoms with Gasteiger partial charge in [0.2, 0.25) is 0 Å². The largest absolute Gasteiger partial charge is 0.390 e. The van der Waals surface area contributed by atoms with Crippen molar-refractivity contribution in [3.63, 3.8) is 0 Å². The van der Waals surface area contributed by atoms with Gasteiger partial charge in [0.25, 0.3) is 5.95 Å². The first kappa shape index (κ1) is 17.9. The minimum atomic E-state index is -0.101. The molecule has 1 saturated heterocycles. The lowest BCUT2D eigenvalue weighted by Crippen LogP contribution is -2.30. The molecule has 1 N–H and O–H groups in total. The van der Waals surface area contributed by atoms with E-state index < -0.39 is 0 Å². The first-order valence-electron chi connectivity index (χ1n) is 9.24. The number of nitrogens with zero attached hydrogens (tertiary/aromatic N) is 5. The average Bonchev–Trinajstić information content (AvgIpc) is 3.20. The van der Waals surface area contributed by atoms with Gasteiger partial charge in [0.05, 0.1) is 18.0 Å². The maximum atomic E-state index is 9.29. The van der Waals surface area contributed by atoms with Gasteiger partial charge in [0.15, 0.2) is 0 Å². The number of benzene rings is 1. The molecule has 3 aromatic rings. The van der Waals surface area contributed by atoms with E-state index in [-0.39, 0.29) is 6.61 Å². The van der Waals surface area contributed by atoms with Crippen molar-refractivity contribution in [2.75, 3.05) is 18.0 Å². The fourth-order valence-corrected chi connectivity index (χ4v) is 3.44. The third kappa shape index (κ3) is 4.28. The summed E-state index contributed by atoms with van der Waals surface area (Å²) in [5, 5.41) is 14.4. The van der Waals surface area contributed by atoms with Crippen molar-refractivity contribution in [1.82, 2.24) is 19.7 Å². The van der Waals surface area contributed by atoms with Crippen LogP contribution in [0.4, 0.5) is 5.82 Å². The molecule has 0 amide bonds. The topological polar surface area (TPSA) is 67.1 Å². The Kier molecular flexibility index (Phi) is 5.36. The number of aromatic nitrogens is 4. The molecule has 140 valence electrons. The predicted molar refractivity (Wildman–Crippen MR) is 105 cm³/mol. The summed E-state index contributed by atoms with van der Waals surface area (Å²) < 4.78 is 1.63. The van der Waals surface area contributed by atoms with Crippen molar-refractivity contribution in [1.29, 1.82) is 0 Å². The summed E-state index contributed by atoms with van der Waals surface area (Å²) in [5.41, 5.74) is 2.68. The van der Waals surface area contributed by atoms with Crippen molar-refractivity contribution in [2.45, 2.75) is 32.3 Å². The number of aliphatic hydroxyl groups is 1. The third-order valence-corrected chi connectivity index (χ3v) is 5.00. The summed E-state index contributed by atoms with van der Waals surface area (Å²) in [6.07, 6.45) is 6.12. The molecule has 4 rings (SSSR count). The Morgan fingerprint density at radius 2 is 1.74 bits per heavy atom. The van der Waals surface area contributed by atoms with E-state index in [1.165, 1.54) is 19.3 Å². The van der Waals surface area contributed by atoms with Gasteiger partial charge in [-0.3, -0.25) is 0 Å². The zero-order valence-electron chi connectivity index (χ0n) is 15.1. The summed E-state index contributed by atoms with van der Waals surface area (Å²) >= 11 is 6.00.